The molecule has 0 aromatic heterocycles. The van der Waals surface area contributed by atoms with E-state index in [9.17, 15) is 0 Å². The molecule has 0 saturated carbocycles. The lowest BCUT2D eigenvalue weighted by molar-refractivity contribution is 0.530. The average molecular weight is 238 g/mol. The maximum absolute atomic E-state index is 2.35. The van der Waals surface area contributed by atoms with Gasteiger partial charge in [0.15, 0.2) is 0 Å². The van der Waals surface area contributed by atoms with Crippen LogP contribution in [0.25, 0.3) is 0 Å². The highest BCUT2D eigenvalue weighted by Gasteiger charge is 2.04. The quantitative estimate of drug-likeness (QED) is 0.701. The Morgan fingerprint density at radius 2 is 1.50 bits per heavy atom. The van der Waals surface area contributed by atoms with Crippen LogP contribution in [0.3, 0.4) is 0 Å². The molecule has 1 unspecified atom stereocenters. The summed E-state index contributed by atoms with van der Waals surface area (Å²) in [6.07, 6.45) is 3.64. The molecule has 1 atom stereocenters. The maximum atomic E-state index is 2.35. The third-order valence-corrected chi connectivity index (χ3v) is 3.47. The van der Waals surface area contributed by atoms with Gasteiger partial charge in [0.05, 0.1) is 0 Å². The van der Waals surface area contributed by atoms with E-state index in [-0.39, 0.29) is 0 Å². The van der Waals surface area contributed by atoms with E-state index in [1.807, 2.05) is 0 Å². The lowest BCUT2D eigenvalue weighted by Gasteiger charge is -2.11. The van der Waals surface area contributed by atoms with Crippen molar-refractivity contribution < 1.29 is 0 Å². The van der Waals surface area contributed by atoms with Gasteiger partial charge in [-0.15, -0.1) is 0 Å². The van der Waals surface area contributed by atoms with Crippen molar-refractivity contribution in [3.8, 4) is 0 Å². The van der Waals surface area contributed by atoms with E-state index in [1.54, 1.807) is 0 Å². The fraction of sp³-hybridized carbons (Fsp3) is 0.333. The number of aryl methyl sites for hydroxylation is 2. The van der Waals surface area contributed by atoms with Gasteiger partial charge in [-0.05, 0) is 43.2 Å². The fourth-order valence-corrected chi connectivity index (χ4v) is 2.29. The molecule has 18 heavy (non-hydrogen) atoms. The monoisotopic (exact) mass is 238 g/mol. The minimum Gasteiger partial charge on any atom is -0.0622 e. The third-order valence-electron chi connectivity index (χ3n) is 3.47. The van der Waals surface area contributed by atoms with Crippen molar-refractivity contribution in [3.05, 3.63) is 71.3 Å². The van der Waals surface area contributed by atoms with Gasteiger partial charge in [0.25, 0.3) is 0 Å². The summed E-state index contributed by atoms with van der Waals surface area (Å²) in [6.45, 7) is 4.49. The zero-order valence-electron chi connectivity index (χ0n) is 11.4. The Balaban J connectivity index is 1.82. The summed E-state index contributed by atoms with van der Waals surface area (Å²) in [7, 11) is 0. The standard InChI is InChI=1S/C18H22/c1-15-8-12-18(13-9-15)14-16(2)10-11-17-6-4-3-5-7-17/h3-9,12-13,16H,10-11,14H2,1-2H3. The molecule has 0 aliphatic heterocycles. The Bertz CT molecular complexity index is 453. The van der Waals surface area contributed by atoms with E-state index >= 15 is 0 Å². The van der Waals surface area contributed by atoms with E-state index in [0.717, 1.165) is 5.92 Å². The summed E-state index contributed by atoms with van der Waals surface area (Å²) in [5.74, 6) is 0.743. The van der Waals surface area contributed by atoms with Gasteiger partial charge >= 0.3 is 0 Å². The first-order valence-corrected chi connectivity index (χ1v) is 6.83. The molecule has 0 amide bonds. The molecule has 0 saturated heterocycles. The van der Waals surface area contributed by atoms with Crippen LogP contribution in [0, 0.1) is 12.8 Å². The molecule has 0 spiro atoms. The molecule has 0 aliphatic rings. The van der Waals surface area contributed by atoms with E-state index in [2.05, 4.69) is 68.4 Å². The third kappa shape index (κ3) is 4.03. The van der Waals surface area contributed by atoms with E-state index in [4.69, 9.17) is 0 Å². The highest BCUT2D eigenvalue weighted by molar-refractivity contribution is 5.21. The van der Waals surface area contributed by atoms with Crippen molar-refractivity contribution in [3.63, 3.8) is 0 Å². The lowest BCUT2D eigenvalue weighted by atomic mass is 9.94. The topological polar surface area (TPSA) is 0 Å². The van der Waals surface area contributed by atoms with Gasteiger partial charge in [-0.3, -0.25) is 0 Å². The molecule has 2 aromatic rings. The lowest BCUT2D eigenvalue weighted by Crippen LogP contribution is -2.01. The Labute approximate surface area is 111 Å². The Hall–Kier alpha value is -1.56. The van der Waals surface area contributed by atoms with Crippen LogP contribution in [0.1, 0.15) is 30.0 Å². The summed E-state index contributed by atoms with van der Waals surface area (Å²) in [4.78, 5) is 0. The normalized spacial score (nSPS) is 12.3. The molecule has 0 radical (unpaired) electrons. The SMILES string of the molecule is Cc1ccc(CC(C)CCc2ccccc2)cc1. The Morgan fingerprint density at radius 1 is 0.833 bits per heavy atom. The van der Waals surface area contributed by atoms with Crippen LogP contribution in [0.5, 0.6) is 0 Å². The van der Waals surface area contributed by atoms with Crippen LogP contribution >= 0.6 is 0 Å². The molecule has 0 aliphatic carbocycles. The van der Waals surface area contributed by atoms with Gasteiger partial charge in [0.2, 0.25) is 0 Å². The number of benzene rings is 2. The highest BCUT2D eigenvalue weighted by atomic mass is 14.1. The first-order valence-electron chi connectivity index (χ1n) is 6.83. The van der Waals surface area contributed by atoms with E-state index in [0.29, 0.717) is 0 Å². The summed E-state index contributed by atoms with van der Waals surface area (Å²) in [6, 6.07) is 19.7. The van der Waals surface area contributed by atoms with Crippen molar-refractivity contribution in [2.75, 3.05) is 0 Å². The second-order valence-corrected chi connectivity index (χ2v) is 5.32. The van der Waals surface area contributed by atoms with Crippen molar-refractivity contribution >= 4 is 0 Å². The minimum atomic E-state index is 0.743. The van der Waals surface area contributed by atoms with Gasteiger partial charge in [-0.25, -0.2) is 0 Å². The predicted octanol–water partition coefficient (Wildman–Crippen LogP) is 4.81. The molecule has 2 aromatic carbocycles. The van der Waals surface area contributed by atoms with Gasteiger partial charge in [-0.2, -0.15) is 0 Å². The van der Waals surface area contributed by atoms with E-state index < -0.39 is 0 Å². The zero-order valence-corrected chi connectivity index (χ0v) is 11.4. The first-order chi connectivity index (χ1) is 8.74. The van der Waals surface area contributed by atoms with Crippen LogP contribution in [0.2, 0.25) is 0 Å². The van der Waals surface area contributed by atoms with Crippen LogP contribution in [0.15, 0.2) is 54.6 Å². The van der Waals surface area contributed by atoms with Crippen LogP contribution in [-0.4, -0.2) is 0 Å². The van der Waals surface area contributed by atoms with Gasteiger partial charge in [-0.1, -0.05) is 67.1 Å². The Morgan fingerprint density at radius 3 is 2.17 bits per heavy atom. The Kier molecular flexibility index (Phi) is 4.58. The summed E-state index contributed by atoms with van der Waals surface area (Å²) in [5, 5.41) is 0. The molecule has 0 fully saturated rings. The molecular weight excluding hydrogens is 216 g/mol. The highest BCUT2D eigenvalue weighted by Crippen LogP contribution is 2.15. The van der Waals surface area contributed by atoms with Crippen molar-refractivity contribution in [1.82, 2.24) is 0 Å². The molecule has 2 rings (SSSR count). The van der Waals surface area contributed by atoms with Crippen molar-refractivity contribution in [1.29, 1.82) is 0 Å². The van der Waals surface area contributed by atoms with Crippen molar-refractivity contribution in [2.45, 2.75) is 33.1 Å². The van der Waals surface area contributed by atoms with Gasteiger partial charge < -0.3 is 0 Å². The molecule has 0 nitrogen and oxygen atoms in total. The number of hydrogen-bond acceptors (Lipinski definition) is 0. The van der Waals surface area contributed by atoms with Crippen molar-refractivity contribution in [2.24, 2.45) is 5.92 Å². The van der Waals surface area contributed by atoms with Gasteiger partial charge in [0, 0.05) is 0 Å². The van der Waals surface area contributed by atoms with Crippen LogP contribution in [0.4, 0.5) is 0 Å². The maximum Gasteiger partial charge on any atom is -0.0253 e. The molecule has 0 N–H and O–H groups in total. The second-order valence-electron chi connectivity index (χ2n) is 5.32. The number of rotatable bonds is 5. The fourth-order valence-electron chi connectivity index (χ4n) is 2.29. The predicted molar refractivity (Wildman–Crippen MR) is 78.8 cm³/mol. The molecular formula is C18H22. The largest absolute Gasteiger partial charge is 0.0622 e. The number of hydrogen-bond donors (Lipinski definition) is 0. The smallest absolute Gasteiger partial charge is 0.0253 e. The first kappa shape index (κ1) is 12.9. The minimum absolute atomic E-state index is 0.743. The molecule has 0 bridgehead atoms. The molecule has 0 heterocycles. The molecule has 94 valence electrons. The van der Waals surface area contributed by atoms with Crippen LogP contribution in [-0.2, 0) is 12.8 Å². The van der Waals surface area contributed by atoms with Crippen LogP contribution < -0.4 is 0 Å². The molecule has 0 heteroatoms. The van der Waals surface area contributed by atoms with E-state index in [1.165, 1.54) is 36.0 Å². The second kappa shape index (κ2) is 6.39. The summed E-state index contributed by atoms with van der Waals surface area (Å²) in [5.41, 5.74) is 4.25. The summed E-state index contributed by atoms with van der Waals surface area (Å²) >= 11 is 0. The summed E-state index contributed by atoms with van der Waals surface area (Å²) < 4.78 is 0. The van der Waals surface area contributed by atoms with Gasteiger partial charge in [0.1, 0.15) is 0 Å². The average Bonchev–Trinajstić information content (AvgIpc) is 2.40. The zero-order chi connectivity index (χ0) is 12.8.